The molecule has 1 unspecified atom stereocenters. The van der Waals surface area contributed by atoms with Crippen LogP contribution in [0.5, 0.6) is 5.75 Å². The second-order valence-electron chi connectivity index (χ2n) is 4.80. The molecule has 0 radical (unpaired) electrons. The standard InChI is InChI=1S/C16H18N2O3/c1-12(14-4-3-5-16(10-14)21-2)17-11-13-6-8-15(9-7-13)18(19)20/h3-10,12,17H,11H2,1-2H3. The van der Waals surface area contributed by atoms with Crippen LogP contribution < -0.4 is 10.1 Å². The smallest absolute Gasteiger partial charge is 0.269 e. The van der Waals surface area contributed by atoms with Crippen molar-refractivity contribution in [1.82, 2.24) is 5.32 Å². The third-order valence-corrected chi connectivity index (χ3v) is 3.35. The monoisotopic (exact) mass is 286 g/mol. The van der Waals surface area contributed by atoms with Gasteiger partial charge in [-0.25, -0.2) is 0 Å². The van der Waals surface area contributed by atoms with Crippen molar-refractivity contribution in [1.29, 1.82) is 0 Å². The summed E-state index contributed by atoms with van der Waals surface area (Å²) >= 11 is 0. The van der Waals surface area contributed by atoms with Crippen LogP contribution in [0.3, 0.4) is 0 Å². The first kappa shape index (κ1) is 15.0. The van der Waals surface area contributed by atoms with Crippen molar-refractivity contribution >= 4 is 5.69 Å². The summed E-state index contributed by atoms with van der Waals surface area (Å²) in [4.78, 5) is 10.2. The third kappa shape index (κ3) is 4.03. The molecule has 0 fully saturated rings. The van der Waals surface area contributed by atoms with Crippen molar-refractivity contribution in [3.63, 3.8) is 0 Å². The molecule has 0 saturated carbocycles. The van der Waals surface area contributed by atoms with E-state index >= 15 is 0 Å². The van der Waals surface area contributed by atoms with Crippen molar-refractivity contribution in [2.75, 3.05) is 7.11 Å². The van der Waals surface area contributed by atoms with Gasteiger partial charge in [0.25, 0.3) is 5.69 Å². The first-order valence-electron chi connectivity index (χ1n) is 6.71. The van der Waals surface area contributed by atoms with Crippen LogP contribution in [-0.4, -0.2) is 12.0 Å². The molecule has 2 rings (SSSR count). The van der Waals surface area contributed by atoms with Gasteiger partial charge in [-0.3, -0.25) is 10.1 Å². The minimum atomic E-state index is -0.393. The maximum atomic E-state index is 10.6. The van der Waals surface area contributed by atoms with E-state index in [4.69, 9.17) is 4.74 Å². The van der Waals surface area contributed by atoms with Crippen LogP contribution in [0.25, 0.3) is 0 Å². The van der Waals surface area contributed by atoms with Crippen LogP contribution in [0.2, 0.25) is 0 Å². The van der Waals surface area contributed by atoms with E-state index in [0.29, 0.717) is 6.54 Å². The van der Waals surface area contributed by atoms with Gasteiger partial charge >= 0.3 is 0 Å². The number of nitro benzene ring substituents is 1. The molecule has 1 N–H and O–H groups in total. The average Bonchev–Trinajstić information content (AvgIpc) is 2.53. The third-order valence-electron chi connectivity index (χ3n) is 3.35. The van der Waals surface area contributed by atoms with Crippen LogP contribution in [0, 0.1) is 10.1 Å². The van der Waals surface area contributed by atoms with Crippen LogP contribution in [0.4, 0.5) is 5.69 Å². The van der Waals surface area contributed by atoms with Gasteiger partial charge in [0.1, 0.15) is 5.75 Å². The lowest BCUT2D eigenvalue weighted by Crippen LogP contribution is -2.18. The second kappa shape index (κ2) is 6.85. The Morgan fingerprint density at radius 3 is 2.57 bits per heavy atom. The van der Waals surface area contributed by atoms with Gasteiger partial charge in [0.15, 0.2) is 0 Å². The molecule has 0 aliphatic rings. The van der Waals surface area contributed by atoms with Crippen molar-refractivity contribution in [3.8, 4) is 5.75 Å². The number of benzene rings is 2. The van der Waals surface area contributed by atoms with E-state index in [0.717, 1.165) is 16.9 Å². The van der Waals surface area contributed by atoms with Gasteiger partial charge < -0.3 is 10.1 Å². The first-order chi connectivity index (χ1) is 10.1. The molecule has 2 aromatic carbocycles. The highest BCUT2D eigenvalue weighted by molar-refractivity contribution is 5.33. The average molecular weight is 286 g/mol. The lowest BCUT2D eigenvalue weighted by atomic mass is 10.1. The Balaban J connectivity index is 1.96. The van der Waals surface area contributed by atoms with Gasteiger partial charge in [-0.05, 0) is 30.2 Å². The highest BCUT2D eigenvalue weighted by Gasteiger charge is 2.07. The predicted molar refractivity (Wildman–Crippen MR) is 81.3 cm³/mol. The minimum absolute atomic E-state index is 0.111. The Kier molecular flexibility index (Phi) is 4.90. The van der Waals surface area contributed by atoms with Gasteiger partial charge in [0.05, 0.1) is 12.0 Å². The Labute approximate surface area is 123 Å². The SMILES string of the molecule is COc1cccc(C(C)NCc2ccc([N+](=O)[O-])cc2)c1. The molecule has 110 valence electrons. The molecule has 2 aromatic rings. The summed E-state index contributed by atoms with van der Waals surface area (Å²) in [7, 11) is 1.65. The summed E-state index contributed by atoms with van der Waals surface area (Å²) in [5, 5.41) is 14.0. The summed E-state index contributed by atoms with van der Waals surface area (Å²) in [5.41, 5.74) is 2.26. The van der Waals surface area contributed by atoms with E-state index in [-0.39, 0.29) is 11.7 Å². The van der Waals surface area contributed by atoms with Crippen molar-refractivity contribution in [3.05, 3.63) is 69.8 Å². The molecule has 1 atom stereocenters. The number of rotatable bonds is 6. The fraction of sp³-hybridized carbons (Fsp3) is 0.250. The molecule has 21 heavy (non-hydrogen) atoms. The molecule has 5 heteroatoms. The van der Waals surface area contributed by atoms with Crippen molar-refractivity contribution in [2.24, 2.45) is 0 Å². The molecule has 0 amide bonds. The molecule has 0 aliphatic carbocycles. The molecule has 0 spiro atoms. The first-order valence-corrected chi connectivity index (χ1v) is 6.71. The zero-order valence-corrected chi connectivity index (χ0v) is 12.1. The van der Waals surface area contributed by atoms with Crippen molar-refractivity contribution < 1.29 is 9.66 Å². The number of non-ortho nitro benzene ring substituents is 1. The number of nitro groups is 1. The summed E-state index contributed by atoms with van der Waals surface area (Å²) < 4.78 is 5.21. The molecule has 0 bridgehead atoms. The maximum absolute atomic E-state index is 10.6. The summed E-state index contributed by atoms with van der Waals surface area (Å²) in [6.45, 7) is 2.72. The predicted octanol–water partition coefficient (Wildman–Crippen LogP) is 3.45. The maximum Gasteiger partial charge on any atom is 0.269 e. The molecule has 0 aliphatic heterocycles. The highest BCUT2D eigenvalue weighted by Crippen LogP contribution is 2.19. The Hall–Kier alpha value is -2.40. The molecule has 0 saturated heterocycles. The summed E-state index contributed by atoms with van der Waals surface area (Å²) in [6, 6.07) is 14.6. The van der Waals surface area contributed by atoms with Gasteiger partial charge in [-0.15, -0.1) is 0 Å². The van der Waals surface area contributed by atoms with E-state index in [9.17, 15) is 10.1 Å². The lowest BCUT2D eigenvalue weighted by molar-refractivity contribution is -0.384. The fourth-order valence-electron chi connectivity index (χ4n) is 2.04. The fourth-order valence-corrected chi connectivity index (χ4v) is 2.04. The number of ether oxygens (including phenoxy) is 1. The van der Waals surface area contributed by atoms with E-state index in [1.54, 1.807) is 19.2 Å². The molecule has 0 aromatic heterocycles. The Morgan fingerprint density at radius 2 is 1.95 bits per heavy atom. The van der Waals surface area contributed by atoms with Crippen molar-refractivity contribution in [2.45, 2.75) is 19.5 Å². The van der Waals surface area contributed by atoms with Crippen LogP contribution in [0.1, 0.15) is 24.1 Å². The van der Waals surface area contributed by atoms with Crippen LogP contribution in [-0.2, 0) is 6.54 Å². The molecular weight excluding hydrogens is 268 g/mol. The largest absolute Gasteiger partial charge is 0.497 e. The van der Waals surface area contributed by atoms with Crippen LogP contribution in [0.15, 0.2) is 48.5 Å². The zero-order valence-electron chi connectivity index (χ0n) is 12.1. The van der Waals surface area contributed by atoms with Gasteiger partial charge in [-0.2, -0.15) is 0 Å². The normalized spacial score (nSPS) is 11.9. The summed E-state index contributed by atoms with van der Waals surface area (Å²) in [5.74, 6) is 0.830. The zero-order chi connectivity index (χ0) is 15.2. The second-order valence-corrected chi connectivity index (χ2v) is 4.80. The molecule has 0 heterocycles. The van der Waals surface area contributed by atoms with E-state index in [2.05, 4.69) is 12.2 Å². The highest BCUT2D eigenvalue weighted by atomic mass is 16.6. The van der Waals surface area contributed by atoms with Gasteiger partial charge in [-0.1, -0.05) is 24.3 Å². The molecular formula is C16H18N2O3. The van der Waals surface area contributed by atoms with Crippen LogP contribution >= 0.6 is 0 Å². The lowest BCUT2D eigenvalue weighted by Gasteiger charge is -2.15. The molecule has 5 nitrogen and oxygen atoms in total. The summed E-state index contributed by atoms with van der Waals surface area (Å²) in [6.07, 6.45) is 0. The Bertz CT molecular complexity index is 611. The van der Waals surface area contributed by atoms with E-state index in [1.165, 1.54) is 12.1 Å². The number of hydrogen-bond acceptors (Lipinski definition) is 4. The van der Waals surface area contributed by atoms with Gasteiger partial charge in [0.2, 0.25) is 0 Å². The van der Waals surface area contributed by atoms with E-state index < -0.39 is 4.92 Å². The quantitative estimate of drug-likeness (QED) is 0.652. The number of methoxy groups -OCH3 is 1. The Morgan fingerprint density at radius 1 is 1.24 bits per heavy atom. The number of nitrogens with one attached hydrogen (secondary N) is 1. The number of nitrogens with zero attached hydrogens (tertiary/aromatic N) is 1. The minimum Gasteiger partial charge on any atom is -0.497 e. The van der Waals surface area contributed by atoms with Gasteiger partial charge in [0, 0.05) is 24.7 Å². The van der Waals surface area contributed by atoms with E-state index in [1.807, 2.05) is 24.3 Å². The topological polar surface area (TPSA) is 64.4 Å². The number of hydrogen-bond donors (Lipinski definition) is 1.